The third kappa shape index (κ3) is 5.16. The SMILES string of the molecule is CN(CC1CCN(c2ccc3c(c2)Cn2c(cc(-c4ccc(C#N)cc4)c2Cl)-c2nncn2-3)C1)C(=O)OC(C)(C)C. The van der Waals surface area contributed by atoms with Crippen LogP contribution in [-0.2, 0) is 11.3 Å². The maximum absolute atomic E-state index is 12.5. The zero-order valence-electron chi connectivity index (χ0n) is 23.6. The average molecular weight is 570 g/mol. The summed E-state index contributed by atoms with van der Waals surface area (Å²) in [5, 5.41) is 18.5. The minimum atomic E-state index is -0.509. The number of rotatable bonds is 4. The van der Waals surface area contributed by atoms with Crippen LogP contribution < -0.4 is 4.90 Å². The molecule has 0 radical (unpaired) electrons. The van der Waals surface area contributed by atoms with Gasteiger partial charge in [-0.15, -0.1) is 10.2 Å². The van der Waals surface area contributed by atoms with Crippen LogP contribution in [0.2, 0.25) is 5.15 Å². The second kappa shape index (κ2) is 10.3. The Kier molecular flexibility index (Phi) is 6.74. The van der Waals surface area contributed by atoms with Crippen LogP contribution in [0.5, 0.6) is 0 Å². The van der Waals surface area contributed by atoms with Gasteiger partial charge in [0.25, 0.3) is 0 Å². The van der Waals surface area contributed by atoms with E-state index >= 15 is 0 Å². The fourth-order valence-corrected chi connectivity index (χ4v) is 6.01. The molecule has 4 aromatic rings. The van der Waals surface area contributed by atoms with Crippen molar-refractivity contribution in [2.45, 2.75) is 39.3 Å². The van der Waals surface area contributed by atoms with Gasteiger partial charge in [-0.05, 0) is 80.6 Å². The van der Waals surface area contributed by atoms with E-state index in [0.717, 1.165) is 59.1 Å². The van der Waals surface area contributed by atoms with Crippen LogP contribution in [0.4, 0.5) is 10.5 Å². The van der Waals surface area contributed by atoms with Crippen molar-refractivity contribution in [1.29, 1.82) is 5.26 Å². The number of fused-ring (bicyclic) bond motifs is 5. The molecule has 2 aromatic carbocycles. The summed E-state index contributed by atoms with van der Waals surface area (Å²) in [7, 11) is 1.81. The largest absolute Gasteiger partial charge is 0.444 e. The molecule has 4 heterocycles. The van der Waals surface area contributed by atoms with Crippen LogP contribution in [0.25, 0.3) is 28.3 Å². The molecular weight excluding hydrogens is 538 g/mol. The highest BCUT2D eigenvalue weighted by Gasteiger charge is 2.29. The van der Waals surface area contributed by atoms with E-state index in [1.54, 1.807) is 30.4 Å². The van der Waals surface area contributed by atoms with Crippen LogP contribution in [-0.4, -0.2) is 62.6 Å². The summed E-state index contributed by atoms with van der Waals surface area (Å²) in [6.45, 7) is 8.67. The predicted molar refractivity (Wildman–Crippen MR) is 158 cm³/mol. The second-order valence-corrected chi connectivity index (χ2v) is 12.2. The van der Waals surface area contributed by atoms with Gasteiger partial charge in [-0.2, -0.15) is 5.26 Å². The Labute approximate surface area is 244 Å². The predicted octanol–water partition coefficient (Wildman–Crippen LogP) is 5.98. The van der Waals surface area contributed by atoms with Gasteiger partial charge >= 0.3 is 6.09 Å². The van der Waals surface area contributed by atoms with Gasteiger partial charge in [0.15, 0.2) is 5.82 Å². The molecule has 9 nitrogen and oxygen atoms in total. The van der Waals surface area contributed by atoms with Gasteiger partial charge < -0.3 is 19.1 Å². The number of carbonyl (C=O) groups excluding carboxylic acids is 1. The molecule has 0 bridgehead atoms. The average Bonchev–Trinajstić information content (AvgIpc) is 3.66. The molecule has 0 saturated carbocycles. The van der Waals surface area contributed by atoms with Gasteiger partial charge in [0, 0.05) is 37.9 Å². The molecule has 1 unspecified atom stereocenters. The van der Waals surface area contributed by atoms with E-state index in [2.05, 4.69) is 43.9 Å². The number of halogens is 1. The number of carbonyl (C=O) groups is 1. The summed E-state index contributed by atoms with van der Waals surface area (Å²) >= 11 is 7.01. The molecule has 2 aliphatic heterocycles. The summed E-state index contributed by atoms with van der Waals surface area (Å²) in [4.78, 5) is 16.5. The van der Waals surface area contributed by atoms with Crippen molar-refractivity contribution in [3.05, 3.63) is 71.1 Å². The quantitative estimate of drug-likeness (QED) is 0.264. The van der Waals surface area contributed by atoms with Crippen molar-refractivity contribution < 1.29 is 9.53 Å². The van der Waals surface area contributed by atoms with E-state index in [1.165, 1.54) is 0 Å². The lowest BCUT2D eigenvalue weighted by Gasteiger charge is -2.26. The van der Waals surface area contributed by atoms with Crippen LogP contribution in [0, 0.1) is 17.2 Å². The fourth-order valence-electron chi connectivity index (χ4n) is 5.70. The van der Waals surface area contributed by atoms with Crippen molar-refractivity contribution in [2.75, 3.05) is 31.6 Å². The molecular formula is C31H32ClN7O2. The van der Waals surface area contributed by atoms with Crippen molar-refractivity contribution in [2.24, 2.45) is 5.92 Å². The number of nitrogens with zero attached hydrogens (tertiary/aromatic N) is 7. The zero-order chi connectivity index (χ0) is 28.9. The van der Waals surface area contributed by atoms with Gasteiger partial charge in [-0.3, -0.25) is 4.57 Å². The van der Waals surface area contributed by atoms with Gasteiger partial charge in [0.05, 0.1) is 29.6 Å². The Morgan fingerprint density at radius 1 is 1.20 bits per heavy atom. The number of benzene rings is 2. The second-order valence-electron chi connectivity index (χ2n) is 11.8. The lowest BCUT2D eigenvalue weighted by Crippen LogP contribution is -2.37. The maximum Gasteiger partial charge on any atom is 0.410 e. The number of amides is 1. The Bertz CT molecular complexity index is 1660. The third-order valence-corrected chi connectivity index (χ3v) is 8.08. The molecule has 2 aromatic heterocycles. The first-order chi connectivity index (χ1) is 19.6. The molecule has 6 rings (SSSR count). The standard InChI is InChI=1S/C31H32ClN7O2/c1-31(2,3)41-30(40)36(4)16-21-11-12-37(17-21)24-9-10-26-23(13-24)18-38-27(29-35-34-19-39(26)29)14-25(28(38)32)22-7-5-20(15-33)6-8-22/h5-10,13-14,19,21H,11-12,16-18H2,1-4H3. The minimum Gasteiger partial charge on any atom is -0.444 e. The first-order valence-electron chi connectivity index (χ1n) is 13.7. The van der Waals surface area contributed by atoms with E-state index in [-0.39, 0.29) is 6.09 Å². The van der Waals surface area contributed by atoms with Gasteiger partial charge in [0.2, 0.25) is 0 Å². The molecule has 41 heavy (non-hydrogen) atoms. The van der Waals surface area contributed by atoms with Gasteiger partial charge in [-0.25, -0.2) is 4.79 Å². The summed E-state index contributed by atoms with van der Waals surface area (Å²) in [6, 6.07) is 18.1. The summed E-state index contributed by atoms with van der Waals surface area (Å²) < 4.78 is 9.62. The molecule has 1 amide bonds. The normalized spacial score (nSPS) is 15.9. The fraction of sp³-hybridized carbons (Fsp3) is 0.355. The van der Waals surface area contributed by atoms with E-state index in [1.807, 2.05) is 43.5 Å². The number of ether oxygens (including phenoxy) is 1. The Morgan fingerprint density at radius 2 is 1.98 bits per heavy atom. The van der Waals surface area contributed by atoms with Crippen LogP contribution in [0.15, 0.2) is 54.9 Å². The number of aromatic nitrogens is 4. The molecule has 1 saturated heterocycles. The van der Waals surface area contributed by atoms with Crippen molar-refractivity contribution in [1.82, 2.24) is 24.2 Å². The molecule has 2 aliphatic rings. The first kappa shape index (κ1) is 26.9. The van der Waals surface area contributed by atoms with Crippen LogP contribution >= 0.6 is 11.6 Å². The van der Waals surface area contributed by atoms with E-state index in [4.69, 9.17) is 16.3 Å². The number of hydrogen-bond donors (Lipinski definition) is 0. The van der Waals surface area contributed by atoms with E-state index in [9.17, 15) is 10.1 Å². The molecule has 1 fully saturated rings. The zero-order valence-corrected chi connectivity index (χ0v) is 24.4. The molecule has 0 spiro atoms. The molecule has 210 valence electrons. The van der Waals surface area contributed by atoms with Crippen LogP contribution in [0.3, 0.4) is 0 Å². The van der Waals surface area contributed by atoms with E-state index in [0.29, 0.717) is 29.7 Å². The Hall–Kier alpha value is -4.29. The summed E-state index contributed by atoms with van der Waals surface area (Å²) in [6.07, 6.45) is 2.46. The molecule has 0 N–H and O–H groups in total. The molecule has 10 heteroatoms. The monoisotopic (exact) mass is 569 g/mol. The minimum absolute atomic E-state index is 0.287. The maximum atomic E-state index is 12.5. The van der Waals surface area contributed by atoms with Crippen molar-refractivity contribution >= 4 is 23.4 Å². The first-order valence-corrected chi connectivity index (χ1v) is 14.1. The molecule has 1 atom stereocenters. The topological polar surface area (TPSA) is 92.2 Å². The van der Waals surface area contributed by atoms with Gasteiger partial charge in [-0.1, -0.05) is 23.7 Å². The third-order valence-electron chi connectivity index (χ3n) is 7.67. The van der Waals surface area contributed by atoms with Crippen LogP contribution in [0.1, 0.15) is 38.3 Å². The lowest BCUT2D eigenvalue weighted by molar-refractivity contribution is 0.0277. The Morgan fingerprint density at radius 3 is 2.71 bits per heavy atom. The lowest BCUT2D eigenvalue weighted by atomic mass is 10.1. The number of anilines is 1. The Balaban J connectivity index is 1.26. The highest BCUT2D eigenvalue weighted by atomic mass is 35.5. The smallest absolute Gasteiger partial charge is 0.410 e. The number of nitriles is 1. The van der Waals surface area contributed by atoms with E-state index < -0.39 is 5.60 Å². The highest BCUT2D eigenvalue weighted by molar-refractivity contribution is 6.32. The highest BCUT2D eigenvalue weighted by Crippen LogP contribution is 2.40. The summed E-state index contributed by atoms with van der Waals surface area (Å²) in [5.74, 6) is 1.08. The number of hydrogen-bond acceptors (Lipinski definition) is 6. The summed E-state index contributed by atoms with van der Waals surface area (Å²) in [5.41, 5.74) is 6.08. The molecule has 0 aliphatic carbocycles. The van der Waals surface area contributed by atoms with Crippen molar-refractivity contribution in [3.8, 4) is 34.4 Å². The van der Waals surface area contributed by atoms with Crippen molar-refractivity contribution in [3.63, 3.8) is 0 Å². The van der Waals surface area contributed by atoms with Gasteiger partial charge in [0.1, 0.15) is 17.1 Å².